The van der Waals surface area contributed by atoms with Crippen LogP contribution in [-0.4, -0.2) is 52.8 Å². The fourth-order valence-electron chi connectivity index (χ4n) is 2.84. The van der Waals surface area contributed by atoms with Crippen molar-refractivity contribution in [3.63, 3.8) is 0 Å². The van der Waals surface area contributed by atoms with Gasteiger partial charge in [-0.15, -0.1) is 0 Å². The molecule has 1 N–H and O–H groups in total. The highest BCUT2D eigenvalue weighted by Crippen LogP contribution is 2.21. The van der Waals surface area contributed by atoms with Crippen molar-refractivity contribution in [1.29, 1.82) is 0 Å². The molecule has 1 aliphatic heterocycles. The summed E-state index contributed by atoms with van der Waals surface area (Å²) in [5, 5.41) is 9.28. The van der Waals surface area contributed by atoms with Crippen molar-refractivity contribution < 1.29 is 28.2 Å². The zero-order valence-corrected chi connectivity index (χ0v) is 14.2. The van der Waals surface area contributed by atoms with Crippen LogP contribution >= 0.6 is 0 Å². The molecular formula is C18H16F2N2O5. The summed E-state index contributed by atoms with van der Waals surface area (Å²) >= 11 is 0. The molecule has 2 aromatic rings. The van der Waals surface area contributed by atoms with Gasteiger partial charge in [0.2, 0.25) is 11.3 Å². The van der Waals surface area contributed by atoms with E-state index in [2.05, 4.69) is 0 Å². The number of carboxylic acid groups (broad SMARTS) is 1. The Kier molecular flexibility index (Phi) is 5.31. The van der Waals surface area contributed by atoms with E-state index in [0.717, 1.165) is 18.3 Å². The van der Waals surface area contributed by atoms with E-state index in [4.69, 9.17) is 4.74 Å². The number of hydrogen-bond donors (Lipinski definition) is 1. The molecule has 0 unspecified atom stereocenters. The van der Waals surface area contributed by atoms with Crippen LogP contribution in [0.5, 0.6) is 0 Å². The van der Waals surface area contributed by atoms with Gasteiger partial charge in [-0.25, -0.2) is 13.6 Å². The van der Waals surface area contributed by atoms with E-state index < -0.39 is 28.6 Å². The first-order valence-corrected chi connectivity index (χ1v) is 8.15. The van der Waals surface area contributed by atoms with Crippen LogP contribution in [0.25, 0.3) is 11.1 Å². The van der Waals surface area contributed by atoms with E-state index in [1.54, 1.807) is 4.90 Å². The van der Waals surface area contributed by atoms with Crippen molar-refractivity contribution in [2.75, 3.05) is 26.3 Å². The highest BCUT2D eigenvalue weighted by Gasteiger charge is 2.21. The lowest BCUT2D eigenvalue weighted by Crippen LogP contribution is -2.42. The molecule has 9 heteroatoms. The normalized spacial score (nSPS) is 14.2. The minimum absolute atomic E-state index is 0.226. The molecule has 1 amide bonds. The summed E-state index contributed by atoms with van der Waals surface area (Å²) < 4.78 is 33.7. The van der Waals surface area contributed by atoms with Gasteiger partial charge in [-0.05, 0) is 12.1 Å². The Morgan fingerprint density at radius 2 is 1.81 bits per heavy atom. The minimum Gasteiger partial charge on any atom is -0.477 e. The van der Waals surface area contributed by atoms with Gasteiger partial charge in [0.1, 0.15) is 23.7 Å². The second-order valence-electron chi connectivity index (χ2n) is 6.01. The lowest BCUT2D eigenvalue weighted by atomic mass is 10.0. The summed E-state index contributed by atoms with van der Waals surface area (Å²) in [6.45, 7) is 1.40. The van der Waals surface area contributed by atoms with E-state index in [0.29, 0.717) is 32.4 Å². The number of pyridine rings is 1. The van der Waals surface area contributed by atoms with Gasteiger partial charge >= 0.3 is 5.97 Å². The molecule has 1 fully saturated rings. The molecule has 0 atom stereocenters. The predicted octanol–water partition coefficient (Wildman–Crippen LogP) is 1.35. The standard InChI is InChI=1S/C18H16F2N2O5/c19-11-1-2-12(15(20)7-11)13-8-21(9-14(17(13)24)18(25)26)10-16(23)22-3-5-27-6-4-22/h1-2,7-9H,3-6,10H2,(H,25,26). The third-order valence-corrected chi connectivity index (χ3v) is 4.21. The molecular weight excluding hydrogens is 362 g/mol. The number of aromatic nitrogens is 1. The summed E-state index contributed by atoms with van der Waals surface area (Å²) in [6, 6.07) is 2.63. The lowest BCUT2D eigenvalue weighted by molar-refractivity contribution is -0.135. The zero-order chi connectivity index (χ0) is 19.6. The molecule has 1 aromatic carbocycles. The molecule has 0 bridgehead atoms. The van der Waals surface area contributed by atoms with Crippen LogP contribution in [-0.2, 0) is 16.1 Å². The second kappa shape index (κ2) is 7.67. The van der Waals surface area contributed by atoms with Crippen LogP contribution in [0.1, 0.15) is 10.4 Å². The number of nitrogens with zero attached hydrogens (tertiary/aromatic N) is 2. The van der Waals surface area contributed by atoms with Crippen LogP contribution in [0.3, 0.4) is 0 Å². The molecule has 0 aliphatic carbocycles. The van der Waals surface area contributed by atoms with Crippen molar-refractivity contribution in [3.05, 3.63) is 58.0 Å². The summed E-state index contributed by atoms with van der Waals surface area (Å²) in [7, 11) is 0. The molecule has 7 nitrogen and oxygen atoms in total. The number of benzene rings is 1. The van der Waals surface area contributed by atoms with Gasteiger partial charge in [-0.1, -0.05) is 0 Å². The molecule has 2 heterocycles. The molecule has 0 spiro atoms. The Balaban J connectivity index is 2.02. The largest absolute Gasteiger partial charge is 0.477 e. The van der Waals surface area contributed by atoms with E-state index in [1.165, 1.54) is 10.8 Å². The highest BCUT2D eigenvalue weighted by atomic mass is 19.1. The van der Waals surface area contributed by atoms with Crippen LogP contribution in [0.4, 0.5) is 8.78 Å². The van der Waals surface area contributed by atoms with Crippen molar-refractivity contribution in [2.45, 2.75) is 6.54 Å². The Labute approximate surface area is 152 Å². The van der Waals surface area contributed by atoms with E-state index >= 15 is 0 Å². The zero-order valence-electron chi connectivity index (χ0n) is 14.2. The number of amides is 1. The minimum atomic E-state index is -1.50. The molecule has 0 radical (unpaired) electrons. The van der Waals surface area contributed by atoms with Crippen molar-refractivity contribution >= 4 is 11.9 Å². The van der Waals surface area contributed by atoms with Gasteiger partial charge in [-0.2, -0.15) is 0 Å². The van der Waals surface area contributed by atoms with E-state index in [-0.39, 0.29) is 23.6 Å². The maximum absolute atomic E-state index is 14.1. The first-order valence-electron chi connectivity index (χ1n) is 8.15. The summed E-state index contributed by atoms with van der Waals surface area (Å²) in [6.07, 6.45) is 2.23. The average Bonchev–Trinajstić information content (AvgIpc) is 2.64. The maximum atomic E-state index is 14.1. The smallest absolute Gasteiger partial charge is 0.341 e. The Morgan fingerprint density at radius 1 is 1.11 bits per heavy atom. The van der Waals surface area contributed by atoms with Crippen molar-refractivity contribution in [1.82, 2.24) is 9.47 Å². The van der Waals surface area contributed by atoms with E-state index in [9.17, 15) is 28.3 Å². The quantitative estimate of drug-likeness (QED) is 0.868. The number of ether oxygens (including phenoxy) is 1. The molecule has 1 saturated heterocycles. The third kappa shape index (κ3) is 4.03. The van der Waals surface area contributed by atoms with Gasteiger partial charge in [0.25, 0.3) is 0 Å². The Bertz CT molecular complexity index is 951. The Morgan fingerprint density at radius 3 is 2.44 bits per heavy atom. The predicted molar refractivity (Wildman–Crippen MR) is 90.4 cm³/mol. The number of carbonyl (C=O) groups is 2. The third-order valence-electron chi connectivity index (χ3n) is 4.21. The molecule has 1 aromatic heterocycles. The maximum Gasteiger partial charge on any atom is 0.341 e. The number of aromatic carboxylic acids is 1. The van der Waals surface area contributed by atoms with Crippen LogP contribution < -0.4 is 5.43 Å². The highest BCUT2D eigenvalue weighted by molar-refractivity contribution is 5.89. The second-order valence-corrected chi connectivity index (χ2v) is 6.01. The van der Waals surface area contributed by atoms with E-state index in [1.807, 2.05) is 0 Å². The summed E-state index contributed by atoms with van der Waals surface area (Å²) in [5.41, 5.74) is -2.02. The molecule has 142 valence electrons. The number of hydrogen-bond acceptors (Lipinski definition) is 4. The Hall–Kier alpha value is -3.07. The lowest BCUT2D eigenvalue weighted by Gasteiger charge is -2.27. The number of morpholine rings is 1. The van der Waals surface area contributed by atoms with Gasteiger partial charge in [0.15, 0.2) is 0 Å². The van der Waals surface area contributed by atoms with Crippen LogP contribution in [0.2, 0.25) is 0 Å². The average molecular weight is 378 g/mol. The van der Waals surface area contributed by atoms with Crippen molar-refractivity contribution in [2.24, 2.45) is 0 Å². The SMILES string of the molecule is O=C(O)c1cn(CC(=O)N2CCOCC2)cc(-c2ccc(F)cc2F)c1=O. The fraction of sp³-hybridized carbons (Fsp3) is 0.278. The van der Waals surface area contributed by atoms with Crippen LogP contribution in [0, 0.1) is 11.6 Å². The molecule has 1 aliphatic rings. The van der Waals surface area contributed by atoms with Gasteiger partial charge in [-0.3, -0.25) is 9.59 Å². The van der Waals surface area contributed by atoms with Gasteiger partial charge < -0.3 is 19.3 Å². The summed E-state index contributed by atoms with van der Waals surface area (Å²) in [5.74, 6) is -3.62. The van der Waals surface area contributed by atoms with Crippen molar-refractivity contribution in [3.8, 4) is 11.1 Å². The first-order chi connectivity index (χ1) is 12.9. The topological polar surface area (TPSA) is 88.8 Å². The summed E-state index contributed by atoms with van der Waals surface area (Å²) in [4.78, 5) is 37.8. The number of rotatable bonds is 4. The molecule has 3 rings (SSSR count). The van der Waals surface area contributed by atoms with Gasteiger partial charge in [0.05, 0.1) is 13.2 Å². The number of carbonyl (C=O) groups excluding carboxylic acids is 1. The monoisotopic (exact) mass is 378 g/mol. The first kappa shape index (κ1) is 18.7. The molecule has 0 saturated carbocycles. The molecule has 27 heavy (non-hydrogen) atoms. The van der Waals surface area contributed by atoms with Crippen LogP contribution in [0.15, 0.2) is 35.4 Å². The number of carboxylic acids is 1. The fourth-order valence-corrected chi connectivity index (χ4v) is 2.84. The van der Waals surface area contributed by atoms with Gasteiger partial charge in [0, 0.05) is 42.7 Å². The number of halogens is 2.